The molecular formula is C28H33N5OS. The molecule has 2 aliphatic rings. The molecule has 2 fully saturated rings. The van der Waals surface area contributed by atoms with E-state index < -0.39 is 0 Å². The van der Waals surface area contributed by atoms with E-state index in [0.717, 1.165) is 23.4 Å². The largest absolute Gasteiger partial charge is 0.352 e. The molecule has 2 aromatic heterocycles. The number of para-hydroxylation sites is 1. The van der Waals surface area contributed by atoms with Gasteiger partial charge in [-0.3, -0.25) is 9.78 Å². The van der Waals surface area contributed by atoms with Gasteiger partial charge in [-0.1, -0.05) is 44.0 Å². The summed E-state index contributed by atoms with van der Waals surface area (Å²) >= 11 is 5.78. The molecule has 1 aliphatic heterocycles. The zero-order chi connectivity index (χ0) is 24.2. The molecule has 1 saturated carbocycles. The predicted octanol–water partition coefficient (Wildman–Crippen LogP) is 5.56. The Morgan fingerprint density at radius 1 is 1.14 bits per heavy atom. The number of benzene rings is 1. The molecule has 0 spiro atoms. The van der Waals surface area contributed by atoms with Gasteiger partial charge in [-0.2, -0.15) is 0 Å². The number of carbonyl (C=O) groups is 1. The zero-order valence-electron chi connectivity index (χ0n) is 20.2. The minimum Gasteiger partial charge on any atom is -0.352 e. The van der Waals surface area contributed by atoms with Crippen LogP contribution >= 0.6 is 12.2 Å². The van der Waals surface area contributed by atoms with Gasteiger partial charge in [0.2, 0.25) is 5.91 Å². The maximum atomic E-state index is 12.9. The average molecular weight is 488 g/mol. The maximum absolute atomic E-state index is 12.9. The molecule has 7 heteroatoms. The van der Waals surface area contributed by atoms with Crippen LogP contribution in [-0.2, 0) is 11.2 Å². The number of aromatic nitrogens is 2. The number of pyridine rings is 1. The number of amides is 1. The summed E-state index contributed by atoms with van der Waals surface area (Å²) in [6.45, 7) is 2.63. The summed E-state index contributed by atoms with van der Waals surface area (Å²) in [5.41, 5.74) is 4.19. The van der Waals surface area contributed by atoms with Crippen LogP contribution in [-0.4, -0.2) is 32.0 Å². The van der Waals surface area contributed by atoms with E-state index in [1.165, 1.54) is 31.2 Å². The molecule has 3 heterocycles. The van der Waals surface area contributed by atoms with Gasteiger partial charge in [0.25, 0.3) is 0 Å². The Labute approximate surface area is 212 Å². The van der Waals surface area contributed by atoms with Crippen LogP contribution in [0.1, 0.15) is 74.0 Å². The molecular weight excluding hydrogens is 454 g/mol. The van der Waals surface area contributed by atoms with Crippen LogP contribution in [0.4, 0.5) is 5.69 Å². The fraction of sp³-hybridized carbons (Fsp3) is 0.393. The normalized spacial score (nSPS) is 20.3. The number of rotatable bonds is 8. The number of hydrogen-bond donors (Lipinski definition) is 2. The summed E-state index contributed by atoms with van der Waals surface area (Å²) in [6.07, 6.45) is 12.6. The van der Waals surface area contributed by atoms with Gasteiger partial charge in [0.05, 0.1) is 17.8 Å². The van der Waals surface area contributed by atoms with Gasteiger partial charge >= 0.3 is 0 Å². The summed E-state index contributed by atoms with van der Waals surface area (Å²) in [7, 11) is 0. The quantitative estimate of drug-likeness (QED) is 0.407. The third-order valence-electron chi connectivity index (χ3n) is 7.28. The number of hydrogen-bond acceptors (Lipinski definition) is 3. The van der Waals surface area contributed by atoms with Crippen molar-refractivity contribution in [3.05, 3.63) is 83.9 Å². The number of carbonyl (C=O) groups excluding carboxylic acids is 1. The SMILES string of the molecule is CCc1ccccc1NC(=O)CCN1C(=S)N[C@H](c2ccccn2)[C@@H]1c1ccn(C2CCCC2)c1. The fourth-order valence-corrected chi connectivity index (χ4v) is 5.76. The van der Waals surface area contributed by atoms with E-state index in [0.29, 0.717) is 24.1 Å². The van der Waals surface area contributed by atoms with Crippen molar-refractivity contribution in [3.63, 3.8) is 0 Å². The Balaban J connectivity index is 1.36. The number of anilines is 1. The molecule has 182 valence electrons. The second kappa shape index (κ2) is 10.6. The highest BCUT2D eigenvalue weighted by Gasteiger charge is 2.40. The number of aryl methyl sites for hydroxylation is 1. The third kappa shape index (κ3) is 5.10. The Morgan fingerprint density at radius 2 is 1.94 bits per heavy atom. The second-order valence-corrected chi connectivity index (χ2v) is 9.85. The highest BCUT2D eigenvalue weighted by Crippen LogP contribution is 2.40. The van der Waals surface area contributed by atoms with E-state index in [9.17, 15) is 4.79 Å². The molecule has 2 N–H and O–H groups in total. The first-order valence-electron chi connectivity index (χ1n) is 12.7. The molecule has 1 amide bonds. The molecule has 2 atom stereocenters. The summed E-state index contributed by atoms with van der Waals surface area (Å²) < 4.78 is 2.37. The lowest BCUT2D eigenvalue weighted by Gasteiger charge is -2.27. The number of nitrogens with zero attached hydrogens (tertiary/aromatic N) is 3. The van der Waals surface area contributed by atoms with Gasteiger partial charge in [-0.25, -0.2) is 0 Å². The van der Waals surface area contributed by atoms with Crippen LogP contribution in [0.3, 0.4) is 0 Å². The molecule has 1 saturated heterocycles. The van der Waals surface area contributed by atoms with Gasteiger partial charge in [0.15, 0.2) is 5.11 Å². The highest BCUT2D eigenvalue weighted by atomic mass is 32.1. The smallest absolute Gasteiger partial charge is 0.226 e. The molecule has 0 bridgehead atoms. The van der Waals surface area contributed by atoms with Crippen molar-refractivity contribution in [1.29, 1.82) is 0 Å². The first-order chi connectivity index (χ1) is 17.1. The second-order valence-electron chi connectivity index (χ2n) is 9.46. The van der Waals surface area contributed by atoms with Gasteiger partial charge in [-0.15, -0.1) is 0 Å². The van der Waals surface area contributed by atoms with Gasteiger partial charge in [0, 0.05) is 43.3 Å². The van der Waals surface area contributed by atoms with Crippen molar-refractivity contribution < 1.29 is 4.79 Å². The van der Waals surface area contributed by atoms with Crippen molar-refractivity contribution in [2.75, 3.05) is 11.9 Å². The van der Waals surface area contributed by atoms with Crippen LogP contribution in [0.15, 0.2) is 67.1 Å². The summed E-state index contributed by atoms with van der Waals surface area (Å²) in [5, 5.41) is 7.25. The Bertz CT molecular complexity index is 1170. The average Bonchev–Trinajstić information content (AvgIpc) is 3.64. The van der Waals surface area contributed by atoms with Crippen LogP contribution in [0, 0.1) is 0 Å². The molecule has 35 heavy (non-hydrogen) atoms. The van der Waals surface area contributed by atoms with Crippen molar-refractivity contribution in [1.82, 2.24) is 19.8 Å². The summed E-state index contributed by atoms with van der Waals surface area (Å²) in [4.78, 5) is 19.7. The molecule has 0 radical (unpaired) electrons. The van der Waals surface area contributed by atoms with E-state index in [-0.39, 0.29) is 18.0 Å². The van der Waals surface area contributed by atoms with Crippen molar-refractivity contribution >= 4 is 28.9 Å². The predicted molar refractivity (Wildman–Crippen MR) is 143 cm³/mol. The number of nitrogens with one attached hydrogen (secondary N) is 2. The highest BCUT2D eigenvalue weighted by molar-refractivity contribution is 7.80. The van der Waals surface area contributed by atoms with E-state index >= 15 is 0 Å². The van der Waals surface area contributed by atoms with E-state index in [4.69, 9.17) is 12.2 Å². The molecule has 5 rings (SSSR count). The van der Waals surface area contributed by atoms with Crippen molar-refractivity contribution in [3.8, 4) is 0 Å². The first-order valence-corrected chi connectivity index (χ1v) is 13.1. The zero-order valence-corrected chi connectivity index (χ0v) is 21.0. The maximum Gasteiger partial charge on any atom is 0.226 e. The van der Waals surface area contributed by atoms with E-state index in [2.05, 4.69) is 56.5 Å². The molecule has 0 unspecified atom stereocenters. The van der Waals surface area contributed by atoms with Crippen LogP contribution < -0.4 is 10.6 Å². The number of thiocarbonyl (C=S) groups is 1. The van der Waals surface area contributed by atoms with Gasteiger partial charge in [-0.05, 0) is 66.9 Å². The van der Waals surface area contributed by atoms with E-state index in [1.807, 2.05) is 42.6 Å². The van der Waals surface area contributed by atoms with Crippen LogP contribution in [0.25, 0.3) is 0 Å². The van der Waals surface area contributed by atoms with E-state index in [1.54, 1.807) is 0 Å². The fourth-order valence-electron chi connectivity index (χ4n) is 5.43. The van der Waals surface area contributed by atoms with Crippen LogP contribution in [0.2, 0.25) is 0 Å². The molecule has 3 aromatic rings. The molecule has 1 aliphatic carbocycles. The monoisotopic (exact) mass is 487 g/mol. The van der Waals surface area contributed by atoms with Crippen molar-refractivity contribution in [2.45, 2.75) is 63.6 Å². The standard InChI is InChI=1S/C28H33N5OS/c1-2-20-9-3-6-12-23(20)30-25(34)15-18-33-27(21-14-17-32(19-21)22-10-4-5-11-22)26(31-28(33)35)24-13-7-8-16-29-24/h3,6-9,12-14,16-17,19,22,26-27H,2,4-5,10-11,15,18H2,1H3,(H,30,34)(H,31,35)/t26-,27+/m1/s1. The molecule has 6 nitrogen and oxygen atoms in total. The van der Waals surface area contributed by atoms with Gasteiger partial charge < -0.3 is 20.1 Å². The Kier molecular flexibility index (Phi) is 7.13. The summed E-state index contributed by atoms with van der Waals surface area (Å²) in [5.74, 6) is -0.00254. The lowest BCUT2D eigenvalue weighted by Crippen LogP contribution is -2.32. The Hall–Kier alpha value is -3.19. The summed E-state index contributed by atoms with van der Waals surface area (Å²) in [6, 6.07) is 16.7. The minimum atomic E-state index is -0.0630. The first kappa shape index (κ1) is 23.5. The Morgan fingerprint density at radius 3 is 2.71 bits per heavy atom. The van der Waals surface area contributed by atoms with Crippen LogP contribution in [0.5, 0.6) is 0 Å². The third-order valence-corrected chi connectivity index (χ3v) is 7.63. The topological polar surface area (TPSA) is 62.2 Å². The van der Waals surface area contributed by atoms with Gasteiger partial charge in [0.1, 0.15) is 0 Å². The van der Waals surface area contributed by atoms with Crippen molar-refractivity contribution in [2.24, 2.45) is 0 Å². The lowest BCUT2D eigenvalue weighted by molar-refractivity contribution is -0.116. The molecule has 1 aromatic carbocycles. The lowest BCUT2D eigenvalue weighted by atomic mass is 9.99. The minimum absolute atomic E-state index is 0.00254.